The van der Waals surface area contributed by atoms with Crippen LogP contribution in [0.2, 0.25) is 0 Å². The van der Waals surface area contributed by atoms with Crippen LogP contribution in [-0.4, -0.2) is 18.0 Å². The van der Waals surface area contributed by atoms with Gasteiger partial charge in [-0.1, -0.05) is 46.3 Å². The van der Waals surface area contributed by atoms with Gasteiger partial charge in [-0.05, 0) is 59.7 Å². The molecule has 0 radical (unpaired) electrons. The Bertz CT molecular complexity index is 1000. The molecule has 3 aromatic carbocycles. The van der Waals surface area contributed by atoms with Crippen molar-refractivity contribution in [2.45, 2.75) is 13.0 Å². The average Bonchev–Trinajstić information content (AvgIpc) is 2.75. The standard InChI is InChI=1S/C23H20BrN3O3/c24-19-10-6-18(7-11-19)16-30-21-12-8-17(9-13-21)15-25-27-23(29)14-22(28)26-20-4-2-1-3-5-20/h1-13,15H,14,16H2,(H,26,28)(H,27,29). The van der Waals surface area contributed by atoms with Crippen LogP contribution in [0.4, 0.5) is 5.69 Å². The molecule has 0 unspecified atom stereocenters. The number of nitrogens with zero attached hydrogens (tertiary/aromatic N) is 1. The summed E-state index contributed by atoms with van der Waals surface area (Å²) in [5.74, 6) is -0.160. The summed E-state index contributed by atoms with van der Waals surface area (Å²) in [5, 5.41) is 6.53. The summed E-state index contributed by atoms with van der Waals surface area (Å²) in [6, 6.07) is 24.2. The maximum Gasteiger partial charge on any atom is 0.249 e. The molecule has 0 spiro atoms. The van der Waals surface area contributed by atoms with E-state index in [1.807, 2.05) is 54.6 Å². The summed E-state index contributed by atoms with van der Waals surface area (Å²) in [6.07, 6.45) is 1.20. The molecule has 2 N–H and O–H groups in total. The molecule has 0 fully saturated rings. The highest BCUT2D eigenvalue weighted by Crippen LogP contribution is 2.15. The van der Waals surface area contributed by atoms with Crippen molar-refractivity contribution in [2.24, 2.45) is 5.10 Å². The Kier molecular flexibility index (Phi) is 7.74. The molecule has 6 nitrogen and oxygen atoms in total. The van der Waals surface area contributed by atoms with Gasteiger partial charge in [-0.15, -0.1) is 0 Å². The number of nitrogens with one attached hydrogen (secondary N) is 2. The van der Waals surface area contributed by atoms with Crippen LogP contribution < -0.4 is 15.5 Å². The molecule has 0 saturated carbocycles. The summed E-state index contributed by atoms with van der Waals surface area (Å²) < 4.78 is 6.77. The maximum absolute atomic E-state index is 11.8. The van der Waals surface area contributed by atoms with E-state index < -0.39 is 11.8 Å². The zero-order chi connectivity index (χ0) is 21.2. The molecule has 3 rings (SSSR count). The van der Waals surface area contributed by atoms with Crippen molar-refractivity contribution in [3.8, 4) is 5.75 Å². The predicted molar refractivity (Wildman–Crippen MR) is 120 cm³/mol. The summed E-state index contributed by atoms with van der Waals surface area (Å²) in [5.41, 5.74) is 4.85. The zero-order valence-electron chi connectivity index (χ0n) is 16.0. The van der Waals surface area contributed by atoms with Crippen LogP contribution in [0.3, 0.4) is 0 Å². The van der Waals surface area contributed by atoms with E-state index in [0.29, 0.717) is 12.3 Å². The number of hydrazone groups is 1. The van der Waals surface area contributed by atoms with E-state index in [0.717, 1.165) is 21.3 Å². The molecule has 0 atom stereocenters. The molecule has 0 aliphatic rings. The number of carbonyl (C=O) groups excluding carboxylic acids is 2. The minimum Gasteiger partial charge on any atom is -0.489 e. The maximum atomic E-state index is 11.8. The van der Waals surface area contributed by atoms with Gasteiger partial charge in [-0.25, -0.2) is 5.43 Å². The molecule has 3 aromatic rings. The third kappa shape index (κ3) is 7.18. The molecular weight excluding hydrogens is 446 g/mol. The monoisotopic (exact) mass is 465 g/mol. The molecule has 0 aliphatic heterocycles. The highest BCUT2D eigenvalue weighted by atomic mass is 79.9. The lowest BCUT2D eigenvalue weighted by atomic mass is 10.2. The van der Waals surface area contributed by atoms with E-state index in [1.165, 1.54) is 6.21 Å². The lowest BCUT2D eigenvalue weighted by Crippen LogP contribution is -2.24. The lowest BCUT2D eigenvalue weighted by molar-refractivity contribution is -0.126. The van der Waals surface area contributed by atoms with Gasteiger partial charge >= 0.3 is 0 Å². The van der Waals surface area contributed by atoms with Crippen LogP contribution in [0, 0.1) is 0 Å². The van der Waals surface area contributed by atoms with Crippen LogP contribution >= 0.6 is 15.9 Å². The van der Waals surface area contributed by atoms with Crippen molar-refractivity contribution in [3.63, 3.8) is 0 Å². The first-order valence-corrected chi connectivity index (χ1v) is 10.0. The summed E-state index contributed by atoms with van der Waals surface area (Å²) >= 11 is 3.40. The first-order valence-electron chi connectivity index (χ1n) is 9.22. The molecule has 7 heteroatoms. The Morgan fingerprint density at radius 1 is 0.900 bits per heavy atom. The minimum absolute atomic E-state index is 0.310. The van der Waals surface area contributed by atoms with Crippen molar-refractivity contribution in [1.29, 1.82) is 0 Å². The second-order valence-electron chi connectivity index (χ2n) is 6.37. The van der Waals surface area contributed by atoms with Gasteiger partial charge < -0.3 is 10.1 Å². The van der Waals surface area contributed by atoms with Crippen molar-refractivity contribution < 1.29 is 14.3 Å². The van der Waals surface area contributed by atoms with Crippen molar-refractivity contribution in [2.75, 3.05) is 5.32 Å². The minimum atomic E-state index is -0.492. The highest BCUT2D eigenvalue weighted by Gasteiger charge is 2.08. The summed E-state index contributed by atoms with van der Waals surface area (Å²) in [4.78, 5) is 23.7. The molecule has 0 bridgehead atoms. The van der Waals surface area contributed by atoms with E-state index in [2.05, 4.69) is 31.8 Å². The Labute approximate surface area is 183 Å². The second kappa shape index (κ2) is 10.9. The Morgan fingerprint density at radius 2 is 1.60 bits per heavy atom. The van der Waals surface area contributed by atoms with Crippen LogP contribution in [0.5, 0.6) is 5.75 Å². The topological polar surface area (TPSA) is 79.8 Å². The van der Waals surface area contributed by atoms with Crippen LogP contribution in [0.1, 0.15) is 17.5 Å². The molecule has 0 aromatic heterocycles. The smallest absolute Gasteiger partial charge is 0.249 e. The number of hydrogen-bond acceptors (Lipinski definition) is 4. The first-order chi connectivity index (χ1) is 14.6. The zero-order valence-corrected chi connectivity index (χ0v) is 17.6. The van der Waals surface area contributed by atoms with Gasteiger partial charge in [0.15, 0.2) is 0 Å². The molecule has 30 heavy (non-hydrogen) atoms. The number of amides is 2. The normalized spacial score (nSPS) is 10.6. The number of rotatable bonds is 8. The third-order valence-corrected chi connectivity index (χ3v) is 4.51. The number of ether oxygens (including phenoxy) is 1. The number of halogens is 1. The quantitative estimate of drug-likeness (QED) is 0.291. The molecule has 152 valence electrons. The van der Waals surface area contributed by atoms with Gasteiger partial charge in [-0.3, -0.25) is 9.59 Å². The van der Waals surface area contributed by atoms with Crippen LogP contribution in [0.25, 0.3) is 0 Å². The van der Waals surface area contributed by atoms with Gasteiger partial charge in [0, 0.05) is 10.2 Å². The number of para-hydroxylation sites is 1. The predicted octanol–water partition coefficient (Wildman–Crippen LogP) is 4.51. The van der Waals surface area contributed by atoms with Gasteiger partial charge in [0.25, 0.3) is 0 Å². The van der Waals surface area contributed by atoms with Gasteiger partial charge in [0.1, 0.15) is 18.8 Å². The molecule has 0 saturated heterocycles. The largest absolute Gasteiger partial charge is 0.489 e. The average molecular weight is 466 g/mol. The Morgan fingerprint density at radius 3 is 2.30 bits per heavy atom. The number of benzene rings is 3. The molecule has 0 aliphatic carbocycles. The molecular formula is C23H20BrN3O3. The summed E-state index contributed by atoms with van der Waals surface area (Å²) in [7, 11) is 0. The van der Waals surface area contributed by atoms with Crippen LogP contribution in [0.15, 0.2) is 88.4 Å². The second-order valence-corrected chi connectivity index (χ2v) is 7.28. The SMILES string of the molecule is O=C(CC(=O)Nc1ccccc1)NN=Cc1ccc(OCc2ccc(Br)cc2)cc1. The Balaban J connectivity index is 1.41. The van der Waals surface area contributed by atoms with E-state index in [-0.39, 0.29) is 6.42 Å². The first kappa shape index (κ1) is 21.3. The van der Waals surface area contributed by atoms with Crippen molar-refractivity contribution in [3.05, 3.63) is 94.5 Å². The number of anilines is 1. The molecule has 0 heterocycles. The van der Waals surface area contributed by atoms with E-state index in [4.69, 9.17) is 4.74 Å². The van der Waals surface area contributed by atoms with E-state index in [9.17, 15) is 9.59 Å². The van der Waals surface area contributed by atoms with Crippen LogP contribution in [-0.2, 0) is 16.2 Å². The summed E-state index contributed by atoms with van der Waals surface area (Å²) in [6.45, 7) is 0.474. The lowest BCUT2D eigenvalue weighted by Gasteiger charge is -2.06. The molecule has 2 amide bonds. The van der Waals surface area contributed by atoms with Crippen molar-refractivity contribution in [1.82, 2.24) is 5.43 Å². The Hall–Kier alpha value is -3.45. The fraction of sp³-hybridized carbons (Fsp3) is 0.0870. The van der Waals surface area contributed by atoms with Gasteiger partial charge in [0.2, 0.25) is 11.8 Å². The fourth-order valence-electron chi connectivity index (χ4n) is 2.49. The number of hydrogen-bond donors (Lipinski definition) is 2. The third-order valence-electron chi connectivity index (χ3n) is 3.98. The van der Waals surface area contributed by atoms with Gasteiger partial charge in [0.05, 0.1) is 6.21 Å². The van der Waals surface area contributed by atoms with Gasteiger partial charge in [-0.2, -0.15) is 5.10 Å². The fourth-order valence-corrected chi connectivity index (χ4v) is 2.75. The van der Waals surface area contributed by atoms with E-state index in [1.54, 1.807) is 24.3 Å². The van der Waals surface area contributed by atoms with E-state index >= 15 is 0 Å². The highest BCUT2D eigenvalue weighted by molar-refractivity contribution is 9.10. The van der Waals surface area contributed by atoms with Crippen molar-refractivity contribution >= 4 is 39.6 Å². The number of carbonyl (C=O) groups is 2.